The second-order valence-corrected chi connectivity index (χ2v) is 7.36. The van der Waals surface area contributed by atoms with Gasteiger partial charge in [0.2, 0.25) is 5.91 Å². The van der Waals surface area contributed by atoms with Crippen LogP contribution in [0, 0.1) is 18.7 Å². The number of nitrogens with zero attached hydrogens (tertiary/aromatic N) is 2. The summed E-state index contributed by atoms with van der Waals surface area (Å²) in [6, 6.07) is 10.7. The zero-order chi connectivity index (χ0) is 19.0. The topological polar surface area (TPSA) is 61.0 Å². The third kappa shape index (κ3) is 3.57. The van der Waals surface area contributed by atoms with Crippen molar-refractivity contribution in [2.45, 2.75) is 19.8 Å². The average Bonchev–Trinajstić information content (AvgIpc) is 3.04. The fraction of sp³-hybridized carbons (Fsp3) is 0.333. The first-order valence-electron chi connectivity index (χ1n) is 9.25. The summed E-state index contributed by atoms with van der Waals surface area (Å²) in [5, 5.41) is 11.1. The number of rotatable bonds is 3. The molecular formula is C21H23FN4O. The number of hydrogen-bond acceptors (Lipinski definition) is 3. The molecule has 1 aliphatic heterocycles. The van der Waals surface area contributed by atoms with Gasteiger partial charge in [0, 0.05) is 11.3 Å². The molecule has 1 aliphatic rings. The number of likely N-dealkylation sites (tertiary alicyclic amines) is 1. The van der Waals surface area contributed by atoms with E-state index >= 15 is 0 Å². The highest BCUT2D eigenvalue weighted by molar-refractivity contribution is 6.01. The van der Waals surface area contributed by atoms with Gasteiger partial charge in [-0.1, -0.05) is 12.1 Å². The summed E-state index contributed by atoms with van der Waals surface area (Å²) in [7, 11) is 2.08. The van der Waals surface area contributed by atoms with Crippen molar-refractivity contribution in [3.63, 3.8) is 0 Å². The minimum atomic E-state index is -0.244. The van der Waals surface area contributed by atoms with Crippen LogP contribution in [0.2, 0.25) is 0 Å². The summed E-state index contributed by atoms with van der Waals surface area (Å²) in [6.45, 7) is 3.77. The SMILES string of the molecule is Cc1cc(F)ccc1-c1ccc2[nH]nc(NC(=O)C3CCN(C)CC3)c2c1. The van der Waals surface area contributed by atoms with Gasteiger partial charge in [0.05, 0.1) is 5.52 Å². The standard InChI is InChI=1S/C21H23FN4O/c1-13-11-16(22)4-5-17(13)15-3-6-19-18(12-15)20(25-24-19)23-21(27)14-7-9-26(2)10-8-14/h3-6,11-12,14H,7-10H2,1-2H3,(H2,23,24,25,27). The van der Waals surface area contributed by atoms with Crippen LogP contribution in [0.1, 0.15) is 18.4 Å². The van der Waals surface area contributed by atoms with Crippen LogP contribution in [-0.2, 0) is 4.79 Å². The normalized spacial score (nSPS) is 16.0. The Morgan fingerprint density at radius 3 is 2.74 bits per heavy atom. The molecule has 5 nitrogen and oxygen atoms in total. The van der Waals surface area contributed by atoms with Gasteiger partial charge < -0.3 is 10.2 Å². The summed E-state index contributed by atoms with van der Waals surface area (Å²) in [5.74, 6) is 0.359. The highest BCUT2D eigenvalue weighted by Crippen LogP contribution is 2.30. The second-order valence-electron chi connectivity index (χ2n) is 7.36. The molecule has 2 heterocycles. The maximum atomic E-state index is 13.4. The number of H-pyrrole nitrogens is 1. The number of carbonyl (C=O) groups is 1. The molecule has 27 heavy (non-hydrogen) atoms. The van der Waals surface area contributed by atoms with Crippen LogP contribution in [0.5, 0.6) is 0 Å². The highest BCUT2D eigenvalue weighted by Gasteiger charge is 2.24. The first-order chi connectivity index (χ1) is 13.0. The molecule has 0 spiro atoms. The number of anilines is 1. The van der Waals surface area contributed by atoms with Crippen molar-refractivity contribution in [3.05, 3.63) is 47.8 Å². The van der Waals surface area contributed by atoms with Gasteiger partial charge >= 0.3 is 0 Å². The largest absolute Gasteiger partial charge is 0.308 e. The van der Waals surface area contributed by atoms with Gasteiger partial charge in [0.25, 0.3) is 0 Å². The number of nitrogens with one attached hydrogen (secondary N) is 2. The van der Waals surface area contributed by atoms with E-state index in [4.69, 9.17) is 0 Å². The van der Waals surface area contributed by atoms with Crippen LogP contribution in [0.25, 0.3) is 22.0 Å². The number of hydrogen-bond donors (Lipinski definition) is 2. The van der Waals surface area contributed by atoms with Crippen LogP contribution in [0.4, 0.5) is 10.2 Å². The number of aryl methyl sites for hydroxylation is 1. The van der Waals surface area contributed by atoms with Gasteiger partial charge in [-0.25, -0.2) is 4.39 Å². The Labute approximate surface area is 157 Å². The molecule has 0 radical (unpaired) electrons. The number of amides is 1. The number of aromatic nitrogens is 2. The van der Waals surface area contributed by atoms with Crippen molar-refractivity contribution < 1.29 is 9.18 Å². The van der Waals surface area contributed by atoms with E-state index in [0.717, 1.165) is 53.5 Å². The molecule has 6 heteroatoms. The van der Waals surface area contributed by atoms with Gasteiger partial charge in [-0.05, 0) is 80.9 Å². The van der Waals surface area contributed by atoms with Crippen LogP contribution in [-0.4, -0.2) is 41.1 Å². The van der Waals surface area contributed by atoms with E-state index in [1.807, 2.05) is 25.1 Å². The maximum absolute atomic E-state index is 13.4. The van der Waals surface area contributed by atoms with Gasteiger partial charge in [-0.2, -0.15) is 5.10 Å². The Bertz CT molecular complexity index is 989. The molecule has 140 valence electrons. The summed E-state index contributed by atoms with van der Waals surface area (Å²) < 4.78 is 13.4. The van der Waals surface area contributed by atoms with Crippen LogP contribution in [0.15, 0.2) is 36.4 Å². The van der Waals surface area contributed by atoms with Gasteiger partial charge in [-0.3, -0.25) is 9.89 Å². The van der Waals surface area contributed by atoms with Gasteiger partial charge in [0.15, 0.2) is 5.82 Å². The van der Waals surface area contributed by atoms with Crippen molar-refractivity contribution in [3.8, 4) is 11.1 Å². The van der Waals surface area contributed by atoms with Crippen molar-refractivity contribution in [2.75, 3.05) is 25.5 Å². The van der Waals surface area contributed by atoms with Crippen molar-refractivity contribution in [1.29, 1.82) is 0 Å². The lowest BCUT2D eigenvalue weighted by molar-refractivity contribution is -0.121. The minimum absolute atomic E-state index is 0.0236. The molecule has 0 bridgehead atoms. The number of benzene rings is 2. The van der Waals surface area contributed by atoms with Gasteiger partial charge in [0.1, 0.15) is 5.82 Å². The van der Waals surface area contributed by atoms with Crippen molar-refractivity contribution in [1.82, 2.24) is 15.1 Å². The third-order valence-electron chi connectivity index (χ3n) is 5.39. The van der Waals surface area contributed by atoms with E-state index in [1.165, 1.54) is 12.1 Å². The van der Waals surface area contributed by atoms with Crippen molar-refractivity contribution >= 4 is 22.6 Å². The molecular weight excluding hydrogens is 343 g/mol. The van der Waals surface area contributed by atoms with E-state index in [2.05, 4.69) is 27.5 Å². The molecule has 0 saturated carbocycles. The Morgan fingerprint density at radius 1 is 1.22 bits per heavy atom. The molecule has 0 aliphatic carbocycles. The lowest BCUT2D eigenvalue weighted by atomic mass is 9.96. The maximum Gasteiger partial charge on any atom is 0.228 e. The fourth-order valence-corrected chi connectivity index (χ4v) is 3.72. The molecule has 1 saturated heterocycles. The molecule has 1 amide bonds. The zero-order valence-corrected chi connectivity index (χ0v) is 15.6. The van der Waals surface area contributed by atoms with Crippen LogP contribution in [0.3, 0.4) is 0 Å². The summed E-state index contributed by atoms with van der Waals surface area (Å²) in [6.07, 6.45) is 1.73. The Kier molecular flexibility index (Phi) is 4.66. The first-order valence-corrected chi connectivity index (χ1v) is 9.25. The molecule has 4 rings (SSSR count). The molecule has 2 N–H and O–H groups in total. The molecule has 1 fully saturated rings. The van der Waals surface area contributed by atoms with E-state index in [0.29, 0.717) is 5.82 Å². The molecule has 1 aromatic heterocycles. The average molecular weight is 366 g/mol. The predicted octanol–water partition coefficient (Wildman–Crippen LogP) is 3.96. The minimum Gasteiger partial charge on any atom is -0.308 e. The first kappa shape index (κ1) is 17.7. The van der Waals surface area contributed by atoms with E-state index in [-0.39, 0.29) is 17.6 Å². The lowest BCUT2D eigenvalue weighted by Gasteiger charge is -2.27. The zero-order valence-electron chi connectivity index (χ0n) is 15.6. The fourth-order valence-electron chi connectivity index (χ4n) is 3.72. The Hall–Kier alpha value is -2.73. The predicted molar refractivity (Wildman–Crippen MR) is 105 cm³/mol. The van der Waals surface area contributed by atoms with E-state index in [9.17, 15) is 9.18 Å². The lowest BCUT2D eigenvalue weighted by Crippen LogP contribution is -2.36. The number of piperidine rings is 1. The summed E-state index contributed by atoms with van der Waals surface area (Å²) >= 11 is 0. The third-order valence-corrected chi connectivity index (χ3v) is 5.39. The van der Waals surface area contributed by atoms with Crippen molar-refractivity contribution in [2.24, 2.45) is 5.92 Å². The number of aromatic amines is 1. The molecule has 0 unspecified atom stereocenters. The Morgan fingerprint density at radius 2 is 2.00 bits per heavy atom. The monoisotopic (exact) mass is 366 g/mol. The smallest absolute Gasteiger partial charge is 0.228 e. The van der Waals surface area contributed by atoms with Gasteiger partial charge in [-0.15, -0.1) is 0 Å². The molecule has 0 atom stereocenters. The molecule has 2 aromatic carbocycles. The van der Waals surface area contributed by atoms with E-state index in [1.54, 1.807) is 6.07 Å². The van der Waals surface area contributed by atoms with Crippen LogP contribution >= 0.6 is 0 Å². The van der Waals surface area contributed by atoms with Crippen LogP contribution < -0.4 is 5.32 Å². The summed E-state index contributed by atoms with van der Waals surface area (Å²) in [5.41, 5.74) is 3.66. The highest BCUT2D eigenvalue weighted by atomic mass is 19.1. The van der Waals surface area contributed by atoms with E-state index < -0.39 is 0 Å². The second kappa shape index (κ2) is 7.12. The Balaban J connectivity index is 1.61. The number of fused-ring (bicyclic) bond motifs is 1. The quantitative estimate of drug-likeness (QED) is 0.738. The molecule has 3 aromatic rings. The summed E-state index contributed by atoms with van der Waals surface area (Å²) in [4.78, 5) is 14.9. The number of carbonyl (C=O) groups excluding carboxylic acids is 1. The number of halogens is 1.